The third-order valence-corrected chi connectivity index (χ3v) is 4.58. The van der Waals surface area contributed by atoms with Gasteiger partial charge in [0.05, 0.1) is 11.9 Å². The highest BCUT2D eigenvalue weighted by molar-refractivity contribution is 6.01. The summed E-state index contributed by atoms with van der Waals surface area (Å²) < 4.78 is 21.7. The minimum Gasteiger partial charge on any atom is -0.506 e. The zero-order valence-corrected chi connectivity index (χ0v) is 17.9. The van der Waals surface area contributed by atoms with Crippen LogP contribution in [0.1, 0.15) is 5.56 Å². The molecule has 0 unspecified atom stereocenters. The highest BCUT2D eigenvalue weighted by atomic mass is 19.1. The van der Waals surface area contributed by atoms with Crippen LogP contribution < -0.4 is 15.4 Å². The number of nitrogens with one attached hydrogen (secondary N) is 2. The minimum atomic E-state index is -0.545. The van der Waals surface area contributed by atoms with Gasteiger partial charge >= 0.3 is 6.03 Å². The Morgan fingerprint density at radius 1 is 1.23 bits per heavy atom. The van der Waals surface area contributed by atoms with Crippen LogP contribution in [-0.4, -0.2) is 53.1 Å². The lowest BCUT2D eigenvalue weighted by Gasteiger charge is -2.16. The van der Waals surface area contributed by atoms with Crippen LogP contribution in [0.3, 0.4) is 0 Å². The van der Waals surface area contributed by atoms with Gasteiger partial charge in [-0.25, -0.2) is 9.18 Å². The van der Waals surface area contributed by atoms with Crippen LogP contribution in [0, 0.1) is 12.7 Å². The number of benzene rings is 2. The topological polar surface area (TPSA) is 91.7 Å². The molecule has 0 spiro atoms. The van der Waals surface area contributed by atoms with Gasteiger partial charge in [-0.15, -0.1) is 0 Å². The van der Waals surface area contributed by atoms with Crippen molar-refractivity contribution < 1.29 is 19.0 Å². The summed E-state index contributed by atoms with van der Waals surface area (Å²) >= 11 is 0. The van der Waals surface area contributed by atoms with E-state index in [-0.39, 0.29) is 17.1 Å². The molecule has 0 saturated carbocycles. The van der Waals surface area contributed by atoms with Gasteiger partial charge in [0.25, 0.3) is 0 Å². The second-order valence-corrected chi connectivity index (χ2v) is 7.43. The summed E-state index contributed by atoms with van der Waals surface area (Å²) in [6.45, 7) is 2.94. The van der Waals surface area contributed by atoms with Crippen LogP contribution in [0.4, 0.5) is 20.6 Å². The number of phenols is 1. The van der Waals surface area contributed by atoms with Crippen molar-refractivity contribution in [2.24, 2.45) is 7.05 Å². The van der Waals surface area contributed by atoms with E-state index in [1.165, 1.54) is 4.68 Å². The lowest BCUT2D eigenvalue weighted by atomic mass is 10.1. The molecule has 0 bridgehead atoms. The molecular formula is C22H26FN5O3. The zero-order chi connectivity index (χ0) is 22.5. The molecule has 1 heterocycles. The van der Waals surface area contributed by atoms with Crippen molar-refractivity contribution in [1.29, 1.82) is 0 Å². The molecule has 2 amide bonds. The number of aryl methyl sites for hydroxylation is 2. The van der Waals surface area contributed by atoms with Crippen LogP contribution in [0.2, 0.25) is 0 Å². The Morgan fingerprint density at radius 2 is 2.00 bits per heavy atom. The Labute approximate surface area is 180 Å². The molecule has 9 heteroatoms. The van der Waals surface area contributed by atoms with Gasteiger partial charge < -0.3 is 25.4 Å². The Morgan fingerprint density at radius 3 is 2.65 bits per heavy atom. The first-order valence-corrected chi connectivity index (χ1v) is 9.71. The Kier molecular flexibility index (Phi) is 6.76. The van der Waals surface area contributed by atoms with E-state index in [1.54, 1.807) is 43.4 Å². The van der Waals surface area contributed by atoms with E-state index in [2.05, 4.69) is 15.7 Å². The van der Waals surface area contributed by atoms with E-state index in [0.717, 1.165) is 11.8 Å². The normalized spacial score (nSPS) is 10.9. The van der Waals surface area contributed by atoms with Gasteiger partial charge in [-0.05, 0) is 56.9 Å². The van der Waals surface area contributed by atoms with Gasteiger partial charge in [0, 0.05) is 24.8 Å². The number of phenolic OH excluding ortho intramolecular Hbond substituents is 1. The van der Waals surface area contributed by atoms with Crippen LogP contribution in [0.25, 0.3) is 11.3 Å². The fourth-order valence-electron chi connectivity index (χ4n) is 3.00. The smallest absolute Gasteiger partial charge is 0.323 e. The fourth-order valence-corrected chi connectivity index (χ4v) is 3.00. The van der Waals surface area contributed by atoms with Crippen LogP contribution in [0.15, 0.2) is 42.6 Å². The summed E-state index contributed by atoms with van der Waals surface area (Å²) in [5, 5.41) is 19.2. The van der Waals surface area contributed by atoms with Crippen LogP contribution in [0.5, 0.6) is 11.5 Å². The second-order valence-electron chi connectivity index (χ2n) is 7.43. The summed E-state index contributed by atoms with van der Waals surface area (Å²) in [6, 6.07) is 9.37. The number of carbonyl (C=O) groups is 1. The first-order chi connectivity index (χ1) is 14.7. The predicted octanol–water partition coefficient (Wildman–Crippen LogP) is 3.82. The molecule has 0 atom stereocenters. The third kappa shape index (κ3) is 5.52. The summed E-state index contributed by atoms with van der Waals surface area (Å²) in [5.41, 5.74) is 2.30. The number of anilines is 2. The molecule has 31 heavy (non-hydrogen) atoms. The molecule has 0 saturated heterocycles. The van der Waals surface area contributed by atoms with Gasteiger partial charge in [-0.2, -0.15) is 5.10 Å². The van der Waals surface area contributed by atoms with Crippen LogP contribution in [-0.2, 0) is 7.05 Å². The molecule has 1 aromatic heterocycles. The number of rotatable bonds is 7. The monoisotopic (exact) mass is 427 g/mol. The Balaban J connectivity index is 1.84. The average Bonchev–Trinajstić information content (AvgIpc) is 3.03. The van der Waals surface area contributed by atoms with Crippen molar-refractivity contribution in [3.8, 4) is 22.8 Å². The van der Waals surface area contributed by atoms with Crippen LogP contribution >= 0.6 is 0 Å². The van der Waals surface area contributed by atoms with Gasteiger partial charge in [-0.1, -0.05) is 6.07 Å². The minimum absolute atomic E-state index is 0.0302. The average molecular weight is 427 g/mol. The van der Waals surface area contributed by atoms with Gasteiger partial charge in [-0.3, -0.25) is 4.68 Å². The fraction of sp³-hybridized carbons (Fsp3) is 0.273. The number of aromatic nitrogens is 2. The van der Waals surface area contributed by atoms with Crippen molar-refractivity contribution in [3.63, 3.8) is 0 Å². The van der Waals surface area contributed by atoms with Crippen molar-refractivity contribution in [2.75, 3.05) is 37.9 Å². The molecule has 3 rings (SSSR count). The maximum atomic E-state index is 14.4. The zero-order valence-electron chi connectivity index (χ0n) is 17.9. The van der Waals surface area contributed by atoms with Crippen molar-refractivity contribution in [1.82, 2.24) is 14.7 Å². The number of carbonyl (C=O) groups excluding carboxylic acids is 1. The number of hydrogen-bond acceptors (Lipinski definition) is 5. The number of hydrogen-bond donors (Lipinski definition) is 3. The molecule has 8 nitrogen and oxygen atoms in total. The number of urea groups is 1. The molecule has 164 valence electrons. The lowest BCUT2D eigenvalue weighted by molar-refractivity contribution is 0.261. The first kappa shape index (κ1) is 22.1. The Bertz CT molecular complexity index is 1060. The number of likely N-dealkylation sites (N-methyl/N-ethyl adjacent to an activating group) is 1. The quantitative estimate of drug-likeness (QED) is 0.499. The van der Waals surface area contributed by atoms with Crippen molar-refractivity contribution in [2.45, 2.75) is 6.92 Å². The predicted molar refractivity (Wildman–Crippen MR) is 118 cm³/mol. The van der Waals surface area contributed by atoms with E-state index in [4.69, 9.17) is 4.74 Å². The number of aromatic hydroxyl groups is 1. The van der Waals surface area contributed by atoms with Crippen molar-refractivity contribution in [3.05, 3.63) is 54.0 Å². The van der Waals surface area contributed by atoms with Gasteiger partial charge in [0.1, 0.15) is 23.8 Å². The van der Waals surface area contributed by atoms with E-state index in [0.29, 0.717) is 30.2 Å². The Hall–Kier alpha value is -3.59. The molecule has 0 fully saturated rings. The van der Waals surface area contributed by atoms with E-state index >= 15 is 0 Å². The highest BCUT2D eigenvalue weighted by Crippen LogP contribution is 2.34. The maximum Gasteiger partial charge on any atom is 0.323 e. The highest BCUT2D eigenvalue weighted by Gasteiger charge is 2.17. The largest absolute Gasteiger partial charge is 0.506 e. The second kappa shape index (κ2) is 9.48. The molecule has 3 N–H and O–H groups in total. The first-order valence-electron chi connectivity index (χ1n) is 9.71. The van der Waals surface area contributed by atoms with Gasteiger partial charge in [0.2, 0.25) is 0 Å². The lowest BCUT2D eigenvalue weighted by Crippen LogP contribution is -2.20. The van der Waals surface area contributed by atoms with Crippen molar-refractivity contribution >= 4 is 17.4 Å². The third-order valence-electron chi connectivity index (χ3n) is 4.58. The number of amides is 2. The molecule has 0 aliphatic heterocycles. The molecule has 0 aliphatic rings. The molecule has 3 aromatic rings. The van der Waals surface area contributed by atoms with E-state index in [1.807, 2.05) is 25.9 Å². The van der Waals surface area contributed by atoms with E-state index < -0.39 is 11.8 Å². The summed E-state index contributed by atoms with van der Waals surface area (Å²) in [4.78, 5) is 14.4. The SMILES string of the molecule is Cc1ccc(NC(=O)Nc2ccc(OCCN(C)C)c(-c3c(F)cnn3C)c2)c(O)c1. The number of ether oxygens (including phenoxy) is 1. The molecule has 2 aromatic carbocycles. The standard InChI is InChI=1S/C22H26FN5O3/c1-14-5-7-18(19(29)11-14)26-22(30)25-15-6-8-20(31-10-9-27(2)3)16(12-15)21-17(23)13-24-28(21)4/h5-8,11-13,29H,9-10H2,1-4H3,(H2,25,26,30). The molecular weight excluding hydrogens is 401 g/mol. The molecule has 0 radical (unpaired) electrons. The number of nitrogens with zero attached hydrogens (tertiary/aromatic N) is 3. The van der Waals surface area contributed by atoms with Gasteiger partial charge in [0.15, 0.2) is 5.82 Å². The maximum absolute atomic E-state index is 14.4. The van der Waals surface area contributed by atoms with E-state index in [9.17, 15) is 14.3 Å². The summed E-state index contributed by atoms with van der Waals surface area (Å²) in [5.74, 6) is -0.0462. The summed E-state index contributed by atoms with van der Waals surface area (Å²) in [6.07, 6.45) is 1.13. The summed E-state index contributed by atoms with van der Waals surface area (Å²) in [7, 11) is 5.50. The molecule has 0 aliphatic carbocycles. The number of halogens is 1.